The number of nitrogens with one attached hydrogen (secondary N) is 1. The number of anilines is 1. The molecule has 1 atom stereocenters. The van der Waals surface area contributed by atoms with Gasteiger partial charge in [-0.25, -0.2) is 9.78 Å². The third kappa shape index (κ3) is 5.61. The zero-order valence-electron chi connectivity index (χ0n) is 16.4. The Bertz CT molecular complexity index is 605. The van der Waals surface area contributed by atoms with Crippen LogP contribution in [-0.2, 0) is 9.53 Å². The van der Waals surface area contributed by atoms with Gasteiger partial charge in [0.05, 0.1) is 0 Å². The maximum atomic E-state index is 12.9. The summed E-state index contributed by atoms with van der Waals surface area (Å²) in [5.41, 5.74) is -0.594. The third-order valence-electron chi connectivity index (χ3n) is 4.17. The first kappa shape index (κ1) is 20.0. The zero-order valence-corrected chi connectivity index (χ0v) is 16.4. The van der Waals surface area contributed by atoms with Gasteiger partial charge in [0.1, 0.15) is 17.5 Å². The van der Waals surface area contributed by atoms with Crippen molar-refractivity contribution < 1.29 is 14.3 Å². The second kappa shape index (κ2) is 8.38. The first-order chi connectivity index (χ1) is 12.2. The van der Waals surface area contributed by atoms with E-state index in [-0.39, 0.29) is 11.8 Å². The fourth-order valence-electron chi connectivity index (χ4n) is 2.84. The van der Waals surface area contributed by atoms with Crippen molar-refractivity contribution in [2.24, 2.45) is 5.92 Å². The van der Waals surface area contributed by atoms with Gasteiger partial charge in [-0.3, -0.25) is 4.79 Å². The summed E-state index contributed by atoms with van der Waals surface area (Å²) in [6, 6.07) is 5.22. The van der Waals surface area contributed by atoms with Gasteiger partial charge in [-0.15, -0.1) is 0 Å². The lowest BCUT2D eigenvalue weighted by molar-refractivity contribution is -0.134. The summed E-state index contributed by atoms with van der Waals surface area (Å²) in [5.74, 6) is 0.835. The Balaban J connectivity index is 1.94. The number of hydrogen-bond donors (Lipinski definition) is 1. The molecule has 2 amide bonds. The molecule has 1 aliphatic rings. The van der Waals surface area contributed by atoms with E-state index in [0.717, 1.165) is 18.9 Å². The first-order valence-corrected chi connectivity index (χ1v) is 9.11. The van der Waals surface area contributed by atoms with E-state index in [9.17, 15) is 9.59 Å². The number of ether oxygens (including phenoxy) is 1. The Hall–Kier alpha value is -2.31. The number of aromatic nitrogens is 1. The SMILES string of the molecule is CC(C)C(NC(=O)OC(C)(C)C)C(=O)N1CCN(c2ccccn2)CC1. The van der Waals surface area contributed by atoms with Crippen molar-refractivity contribution in [3.05, 3.63) is 24.4 Å². The maximum absolute atomic E-state index is 12.9. The van der Waals surface area contributed by atoms with Crippen LogP contribution in [0.5, 0.6) is 0 Å². The van der Waals surface area contributed by atoms with Gasteiger partial charge in [0, 0.05) is 32.4 Å². The molecule has 0 spiro atoms. The molecule has 1 fully saturated rings. The van der Waals surface area contributed by atoms with Gasteiger partial charge in [-0.1, -0.05) is 19.9 Å². The minimum absolute atomic E-state index is 0.0242. The Morgan fingerprint density at radius 3 is 2.31 bits per heavy atom. The molecule has 1 aliphatic heterocycles. The molecule has 7 heteroatoms. The summed E-state index contributed by atoms with van der Waals surface area (Å²) in [7, 11) is 0. The molecule has 1 aromatic heterocycles. The molecular weight excluding hydrogens is 332 g/mol. The topological polar surface area (TPSA) is 74.8 Å². The van der Waals surface area contributed by atoms with Gasteiger partial charge >= 0.3 is 6.09 Å². The third-order valence-corrected chi connectivity index (χ3v) is 4.17. The quantitative estimate of drug-likeness (QED) is 0.889. The van der Waals surface area contributed by atoms with Crippen LogP contribution in [0.1, 0.15) is 34.6 Å². The lowest BCUT2D eigenvalue weighted by Gasteiger charge is -2.37. The maximum Gasteiger partial charge on any atom is 0.408 e. The molecule has 1 saturated heterocycles. The molecule has 0 aromatic carbocycles. The fraction of sp³-hybridized carbons (Fsp3) is 0.632. The highest BCUT2D eigenvalue weighted by Crippen LogP contribution is 2.15. The number of piperazine rings is 1. The molecule has 1 unspecified atom stereocenters. The molecule has 2 heterocycles. The number of alkyl carbamates (subject to hydrolysis) is 1. The molecule has 0 aliphatic carbocycles. The van der Waals surface area contributed by atoms with Gasteiger partial charge in [-0.05, 0) is 38.8 Å². The number of nitrogens with zero attached hydrogens (tertiary/aromatic N) is 3. The van der Waals surface area contributed by atoms with E-state index < -0.39 is 17.7 Å². The largest absolute Gasteiger partial charge is 0.444 e. The normalized spacial score (nSPS) is 16.4. The molecule has 0 radical (unpaired) electrons. The molecule has 1 N–H and O–H groups in total. The highest BCUT2D eigenvalue weighted by Gasteiger charge is 2.32. The van der Waals surface area contributed by atoms with E-state index in [0.29, 0.717) is 13.1 Å². The monoisotopic (exact) mass is 362 g/mol. The summed E-state index contributed by atoms with van der Waals surface area (Å²) in [4.78, 5) is 33.3. The minimum Gasteiger partial charge on any atom is -0.444 e. The molecule has 0 bridgehead atoms. The first-order valence-electron chi connectivity index (χ1n) is 9.11. The summed E-state index contributed by atoms with van der Waals surface area (Å²) in [6.45, 7) is 11.9. The average molecular weight is 362 g/mol. The molecule has 0 saturated carbocycles. The number of carbonyl (C=O) groups is 2. The summed E-state index contributed by atoms with van der Waals surface area (Å²) < 4.78 is 5.29. The lowest BCUT2D eigenvalue weighted by atomic mass is 10.0. The molecule has 2 rings (SSSR count). The van der Waals surface area contributed by atoms with E-state index in [2.05, 4.69) is 15.2 Å². The lowest BCUT2D eigenvalue weighted by Crippen LogP contribution is -2.57. The van der Waals surface area contributed by atoms with Crippen LogP contribution in [0, 0.1) is 5.92 Å². The second-order valence-corrected chi connectivity index (χ2v) is 7.87. The predicted molar refractivity (Wildman–Crippen MR) is 101 cm³/mol. The van der Waals surface area contributed by atoms with E-state index in [1.54, 1.807) is 27.0 Å². The van der Waals surface area contributed by atoms with Crippen LogP contribution in [0.15, 0.2) is 24.4 Å². The van der Waals surface area contributed by atoms with Crippen LogP contribution in [-0.4, -0.2) is 59.7 Å². The standard InChI is InChI=1S/C19H30N4O3/c1-14(2)16(21-18(25)26-19(3,4)5)17(24)23-12-10-22(11-13-23)15-8-6-7-9-20-15/h6-9,14,16H,10-13H2,1-5H3,(H,21,25). The van der Waals surface area contributed by atoms with Gasteiger partial charge in [0.2, 0.25) is 5.91 Å². The van der Waals surface area contributed by atoms with Crippen molar-refractivity contribution >= 4 is 17.8 Å². The van der Waals surface area contributed by atoms with E-state index >= 15 is 0 Å². The summed E-state index contributed by atoms with van der Waals surface area (Å²) in [5, 5.41) is 2.73. The zero-order chi connectivity index (χ0) is 19.3. The van der Waals surface area contributed by atoms with Crippen LogP contribution in [0.3, 0.4) is 0 Å². The Morgan fingerprint density at radius 1 is 1.15 bits per heavy atom. The van der Waals surface area contributed by atoms with Gasteiger partial charge < -0.3 is 19.9 Å². The van der Waals surface area contributed by atoms with Gasteiger partial charge in [-0.2, -0.15) is 0 Å². The smallest absolute Gasteiger partial charge is 0.408 e. The van der Waals surface area contributed by atoms with Crippen molar-refractivity contribution in [2.75, 3.05) is 31.1 Å². The Labute approximate surface area is 155 Å². The molecule has 144 valence electrons. The van der Waals surface area contributed by atoms with Gasteiger partial charge in [0.25, 0.3) is 0 Å². The highest BCUT2D eigenvalue weighted by molar-refractivity contribution is 5.86. The molecule has 7 nitrogen and oxygen atoms in total. The van der Waals surface area contributed by atoms with Crippen LogP contribution in [0.4, 0.5) is 10.6 Å². The number of hydrogen-bond acceptors (Lipinski definition) is 5. The van der Waals surface area contributed by atoms with Crippen molar-refractivity contribution in [3.63, 3.8) is 0 Å². The van der Waals surface area contributed by atoms with E-state index in [1.807, 2.05) is 36.9 Å². The van der Waals surface area contributed by atoms with Crippen LogP contribution in [0.2, 0.25) is 0 Å². The molecule has 1 aromatic rings. The van der Waals surface area contributed by atoms with E-state index in [4.69, 9.17) is 4.74 Å². The molecular formula is C19H30N4O3. The number of amides is 2. The van der Waals surface area contributed by atoms with Crippen LogP contribution >= 0.6 is 0 Å². The number of carbonyl (C=O) groups excluding carboxylic acids is 2. The Kier molecular flexibility index (Phi) is 6.45. The fourth-order valence-corrected chi connectivity index (χ4v) is 2.84. The second-order valence-electron chi connectivity index (χ2n) is 7.87. The van der Waals surface area contributed by atoms with Gasteiger partial charge in [0.15, 0.2) is 0 Å². The summed E-state index contributed by atoms with van der Waals surface area (Å²) >= 11 is 0. The van der Waals surface area contributed by atoms with Crippen molar-refractivity contribution in [1.82, 2.24) is 15.2 Å². The molecule has 26 heavy (non-hydrogen) atoms. The number of pyridine rings is 1. The van der Waals surface area contributed by atoms with Crippen molar-refractivity contribution in [2.45, 2.75) is 46.3 Å². The summed E-state index contributed by atoms with van der Waals surface area (Å²) in [6.07, 6.45) is 1.21. The Morgan fingerprint density at radius 2 is 1.81 bits per heavy atom. The van der Waals surface area contributed by atoms with E-state index in [1.165, 1.54) is 0 Å². The minimum atomic E-state index is -0.594. The average Bonchev–Trinajstić information content (AvgIpc) is 2.58. The van der Waals surface area contributed by atoms with Crippen LogP contribution < -0.4 is 10.2 Å². The van der Waals surface area contributed by atoms with Crippen molar-refractivity contribution in [3.8, 4) is 0 Å². The number of rotatable bonds is 4. The van der Waals surface area contributed by atoms with Crippen LogP contribution in [0.25, 0.3) is 0 Å². The van der Waals surface area contributed by atoms with Crippen molar-refractivity contribution in [1.29, 1.82) is 0 Å². The predicted octanol–water partition coefficient (Wildman–Crippen LogP) is 2.28. The highest BCUT2D eigenvalue weighted by atomic mass is 16.6.